The molecule has 2 heterocycles. The molecule has 1 unspecified atom stereocenters. The van der Waals surface area contributed by atoms with Crippen LogP contribution in [-0.4, -0.2) is 44.8 Å². The Morgan fingerprint density at radius 1 is 1.09 bits per heavy atom. The van der Waals surface area contributed by atoms with Gasteiger partial charge in [-0.2, -0.15) is 4.98 Å². The molecule has 0 spiro atoms. The number of carbonyl (C=O) groups is 1. The van der Waals surface area contributed by atoms with Gasteiger partial charge in [-0.25, -0.2) is 9.98 Å². The maximum absolute atomic E-state index is 11.9. The monoisotopic (exact) mass is 607 g/mol. The van der Waals surface area contributed by atoms with Crippen LogP contribution in [0.25, 0.3) is 0 Å². The Balaban J connectivity index is 0.000000480. The van der Waals surface area contributed by atoms with Crippen LogP contribution in [0.3, 0.4) is 0 Å². The summed E-state index contributed by atoms with van der Waals surface area (Å²) >= 11 is 6.67. The average Bonchev–Trinajstić information content (AvgIpc) is 3.71. The molecule has 43 heavy (non-hydrogen) atoms. The summed E-state index contributed by atoms with van der Waals surface area (Å²) in [4.78, 5) is 29.6. The van der Waals surface area contributed by atoms with Crippen molar-refractivity contribution < 1.29 is 14.3 Å². The summed E-state index contributed by atoms with van der Waals surface area (Å²) in [5.41, 5.74) is 5.33. The van der Waals surface area contributed by atoms with Crippen LogP contribution in [0.15, 0.2) is 47.8 Å². The van der Waals surface area contributed by atoms with E-state index in [1.54, 1.807) is 6.07 Å². The molecule has 8 nitrogen and oxygen atoms in total. The van der Waals surface area contributed by atoms with Crippen molar-refractivity contribution in [3.63, 3.8) is 0 Å². The summed E-state index contributed by atoms with van der Waals surface area (Å²) in [5, 5.41) is 3.47. The third kappa shape index (κ3) is 10.3. The zero-order valence-electron chi connectivity index (χ0n) is 26.8. The van der Waals surface area contributed by atoms with E-state index >= 15 is 0 Å². The minimum Gasteiger partial charge on any atom is -0.489 e. The van der Waals surface area contributed by atoms with Gasteiger partial charge in [-0.05, 0) is 88.8 Å². The molecule has 1 aliphatic carbocycles. The molecule has 1 aliphatic rings. The van der Waals surface area contributed by atoms with Crippen LogP contribution >= 0.6 is 11.6 Å². The van der Waals surface area contributed by atoms with Gasteiger partial charge in [0.05, 0.1) is 17.3 Å². The van der Waals surface area contributed by atoms with Crippen molar-refractivity contribution in [2.75, 3.05) is 6.54 Å². The fourth-order valence-corrected chi connectivity index (χ4v) is 4.38. The third-order valence-corrected chi connectivity index (χ3v) is 7.54. The van der Waals surface area contributed by atoms with Crippen LogP contribution in [-0.2, 0) is 11.2 Å². The molecule has 0 saturated heterocycles. The van der Waals surface area contributed by atoms with Crippen molar-refractivity contribution in [3.8, 4) is 11.6 Å². The van der Waals surface area contributed by atoms with E-state index in [0.29, 0.717) is 35.3 Å². The van der Waals surface area contributed by atoms with Gasteiger partial charge in [0.25, 0.3) is 0 Å². The van der Waals surface area contributed by atoms with Crippen LogP contribution in [0, 0.1) is 19.8 Å². The second-order valence-electron chi connectivity index (χ2n) is 11.4. The maximum Gasteiger partial charge on any atom is 0.243 e. The fraction of sp³-hybridized carbons (Fsp3) is 0.500. The number of halogens is 1. The molecule has 1 N–H and O–H groups in total. The summed E-state index contributed by atoms with van der Waals surface area (Å²) in [6, 6.07) is 9.72. The van der Waals surface area contributed by atoms with Crippen LogP contribution in [0.2, 0.25) is 5.02 Å². The van der Waals surface area contributed by atoms with E-state index in [0.717, 1.165) is 42.7 Å². The van der Waals surface area contributed by atoms with Gasteiger partial charge >= 0.3 is 0 Å². The molecule has 1 fully saturated rings. The highest BCUT2D eigenvalue weighted by Gasteiger charge is 2.41. The Hall–Kier alpha value is -3.52. The summed E-state index contributed by atoms with van der Waals surface area (Å²) in [6.45, 7) is 16.4. The molecule has 0 bridgehead atoms. The standard InChI is InChI=1S/C26H35ClN4O3.C8H11N/c1-7-18(14-28-24(32)16(3)4)33-19-9-10-20(21(27)13-19)22(8-2)31-23-17(5)29-15-30-25(23)34-26(6)11-12-26;1-3-8-6-7(2)4-5-9-8/h9-10,13,15-16,18H,7-8,11-12,14H2,1-6H3,(H,28,32);4-6H,3H2,1-2H3. The normalized spacial score (nSPS) is 14.4. The predicted molar refractivity (Wildman–Crippen MR) is 174 cm³/mol. The smallest absolute Gasteiger partial charge is 0.243 e. The minimum absolute atomic E-state index is 0.0124. The van der Waals surface area contributed by atoms with Crippen molar-refractivity contribution in [3.05, 3.63) is 70.4 Å². The molecule has 1 atom stereocenters. The van der Waals surface area contributed by atoms with E-state index in [1.807, 2.05) is 59.0 Å². The second-order valence-corrected chi connectivity index (χ2v) is 11.9. The Morgan fingerprint density at radius 3 is 2.40 bits per heavy atom. The van der Waals surface area contributed by atoms with Crippen LogP contribution in [0.1, 0.15) is 89.7 Å². The van der Waals surface area contributed by atoms with Gasteiger partial charge in [-0.3, -0.25) is 9.78 Å². The van der Waals surface area contributed by atoms with E-state index in [-0.39, 0.29) is 23.5 Å². The Morgan fingerprint density at radius 2 is 1.84 bits per heavy atom. The summed E-state index contributed by atoms with van der Waals surface area (Å²) in [5.74, 6) is 1.11. The van der Waals surface area contributed by atoms with Crippen molar-refractivity contribution in [1.82, 2.24) is 20.3 Å². The molecule has 1 amide bonds. The lowest BCUT2D eigenvalue weighted by Crippen LogP contribution is -2.37. The van der Waals surface area contributed by atoms with Crippen molar-refractivity contribution in [2.45, 2.75) is 99.2 Å². The quantitative estimate of drug-likeness (QED) is 0.211. The highest BCUT2D eigenvalue weighted by molar-refractivity contribution is 6.34. The van der Waals surface area contributed by atoms with Gasteiger partial charge in [0.2, 0.25) is 11.8 Å². The molecule has 3 aromatic rings. The predicted octanol–water partition coefficient (Wildman–Crippen LogP) is 7.78. The number of carbonyl (C=O) groups excluding carboxylic acids is 1. The third-order valence-electron chi connectivity index (χ3n) is 7.22. The Bertz CT molecular complexity index is 1400. The minimum atomic E-state index is -0.168. The first-order valence-corrected chi connectivity index (χ1v) is 15.6. The number of aliphatic imine (C=N–C) groups is 1. The van der Waals surface area contributed by atoms with E-state index < -0.39 is 0 Å². The number of amides is 1. The maximum atomic E-state index is 11.9. The van der Waals surface area contributed by atoms with Crippen LogP contribution < -0.4 is 14.8 Å². The number of nitrogens with zero attached hydrogens (tertiary/aromatic N) is 4. The largest absolute Gasteiger partial charge is 0.489 e. The molecule has 0 aliphatic heterocycles. The van der Waals surface area contributed by atoms with Gasteiger partial charge < -0.3 is 14.8 Å². The summed E-state index contributed by atoms with van der Waals surface area (Å²) in [6.07, 6.45) is 7.69. The zero-order valence-corrected chi connectivity index (χ0v) is 27.6. The molecule has 232 valence electrons. The lowest BCUT2D eigenvalue weighted by atomic mass is 10.1. The van der Waals surface area contributed by atoms with Gasteiger partial charge in [0.1, 0.15) is 29.5 Å². The number of aryl methyl sites for hydroxylation is 3. The lowest BCUT2D eigenvalue weighted by Gasteiger charge is -2.20. The Kier molecular flexibility index (Phi) is 12.5. The molecule has 1 saturated carbocycles. The molecular weight excluding hydrogens is 562 g/mol. The Labute approximate surface area is 261 Å². The van der Waals surface area contributed by atoms with Gasteiger partial charge in [-0.15, -0.1) is 0 Å². The van der Waals surface area contributed by atoms with Crippen molar-refractivity contribution in [2.24, 2.45) is 10.9 Å². The van der Waals surface area contributed by atoms with Crippen molar-refractivity contribution in [1.29, 1.82) is 0 Å². The lowest BCUT2D eigenvalue weighted by molar-refractivity contribution is -0.124. The SMILES string of the molecule is CCC(=Nc1c(C)ncnc1OC1(C)CC1)c1ccc(OC(CC)CNC(=O)C(C)C)cc1Cl.CCc1cc(C)ccn1. The fourth-order valence-electron chi connectivity index (χ4n) is 4.10. The van der Waals surface area contributed by atoms with Gasteiger partial charge in [0, 0.05) is 29.1 Å². The highest BCUT2D eigenvalue weighted by Crippen LogP contribution is 2.42. The number of benzene rings is 1. The van der Waals surface area contributed by atoms with E-state index in [2.05, 4.69) is 47.1 Å². The number of aromatic nitrogens is 3. The number of hydrogen-bond acceptors (Lipinski definition) is 7. The first-order valence-electron chi connectivity index (χ1n) is 15.2. The summed E-state index contributed by atoms with van der Waals surface area (Å²) < 4.78 is 12.2. The molecule has 9 heteroatoms. The molecule has 2 aromatic heterocycles. The number of hydrogen-bond donors (Lipinski definition) is 1. The number of ether oxygens (including phenoxy) is 2. The van der Waals surface area contributed by atoms with Crippen LogP contribution in [0.4, 0.5) is 5.69 Å². The zero-order chi connectivity index (χ0) is 31.6. The molecular formula is C34H46ClN5O3. The van der Waals surface area contributed by atoms with Crippen LogP contribution in [0.5, 0.6) is 11.6 Å². The topological polar surface area (TPSA) is 98.6 Å². The summed E-state index contributed by atoms with van der Waals surface area (Å²) in [7, 11) is 0. The second kappa shape index (κ2) is 15.8. The molecule has 4 rings (SSSR count). The number of nitrogens with one attached hydrogen (secondary N) is 1. The van der Waals surface area contributed by atoms with Crippen molar-refractivity contribution >= 4 is 28.9 Å². The van der Waals surface area contributed by atoms with Gasteiger partial charge in [0.15, 0.2) is 0 Å². The molecule has 1 aromatic carbocycles. The first-order chi connectivity index (χ1) is 20.5. The van der Waals surface area contributed by atoms with E-state index in [4.69, 9.17) is 26.1 Å². The number of rotatable bonds is 12. The van der Waals surface area contributed by atoms with Gasteiger partial charge in [-0.1, -0.05) is 46.2 Å². The van der Waals surface area contributed by atoms with E-state index in [9.17, 15) is 4.79 Å². The highest BCUT2D eigenvalue weighted by atomic mass is 35.5. The average molecular weight is 608 g/mol. The van der Waals surface area contributed by atoms with E-state index in [1.165, 1.54) is 17.6 Å². The molecule has 0 radical (unpaired) electrons. The first kappa shape index (κ1) is 34.0. The number of pyridine rings is 1.